The molecule has 1 saturated heterocycles. The molecule has 0 bridgehead atoms. The molecule has 0 saturated carbocycles. The Hall–Kier alpha value is -0.660. The molecule has 0 unspecified atom stereocenters. The fourth-order valence-corrected chi connectivity index (χ4v) is 3.06. The first kappa shape index (κ1) is 16.4. The average molecular weight is 291 g/mol. The second-order valence-corrected chi connectivity index (χ2v) is 7.08. The summed E-state index contributed by atoms with van der Waals surface area (Å²) in [6, 6.07) is 0. The number of likely N-dealkylation sites (N-methyl/N-ethyl adjacent to an activating group) is 1. The second kappa shape index (κ2) is 7.21. The Morgan fingerprint density at radius 3 is 2.21 bits per heavy atom. The number of hydrogen-bond donors (Lipinski definition) is 0. The highest BCUT2D eigenvalue weighted by molar-refractivity contribution is 7.88. The van der Waals surface area contributed by atoms with Crippen molar-refractivity contribution in [1.82, 2.24) is 14.1 Å². The van der Waals surface area contributed by atoms with Crippen LogP contribution in [0.3, 0.4) is 0 Å². The van der Waals surface area contributed by atoms with Crippen LogP contribution in [0.15, 0.2) is 0 Å². The van der Waals surface area contributed by atoms with E-state index in [-0.39, 0.29) is 18.9 Å². The number of piperazine rings is 1. The van der Waals surface area contributed by atoms with Crippen LogP contribution in [0.25, 0.3) is 0 Å². The van der Waals surface area contributed by atoms with Crippen molar-refractivity contribution >= 4 is 15.9 Å². The van der Waals surface area contributed by atoms with Gasteiger partial charge in [0.15, 0.2) is 0 Å². The zero-order valence-corrected chi connectivity index (χ0v) is 12.9. The standard InChI is InChI=1S/C12H25N3O3S/c1-4-6-15(19(3,17)18)7-5-12(16)14-10-8-13(2)9-11-14/h4-11H2,1-3H3. The number of carbonyl (C=O) groups excluding carboxylic acids is 1. The molecule has 1 rings (SSSR count). The summed E-state index contributed by atoms with van der Waals surface area (Å²) in [7, 11) is -1.17. The van der Waals surface area contributed by atoms with Gasteiger partial charge < -0.3 is 9.80 Å². The second-order valence-electron chi connectivity index (χ2n) is 5.10. The molecule has 1 fully saturated rings. The maximum absolute atomic E-state index is 12.0. The van der Waals surface area contributed by atoms with E-state index in [0.717, 1.165) is 32.6 Å². The maximum Gasteiger partial charge on any atom is 0.223 e. The lowest BCUT2D eigenvalue weighted by atomic mass is 10.3. The van der Waals surface area contributed by atoms with E-state index in [1.165, 1.54) is 10.6 Å². The molecule has 6 nitrogen and oxygen atoms in total. The van der Waals surface area contributed by atoms with Crippen LogP contribution >= 0.6 is 0 Å². The van der Waals surface area contributed by atoms with E-state index >= 15 is 0 Å². The molecular weight excluding hydrogens is 266 g/mol. The summed E-state index contributed by atoms with van der Waals surface area (Å²) in [5.74, 6) is 0.0536. The largest absolute Gasteiger partial charge is 0.340 e. The van der Waals surface area contributed by atoms with Crippen molar-refractivity contribution in [3.63, 3.8) is 0 Å². The lowest BCUT2D eigenvalue weighted by molar-refractivity contribution is -0.132. The minimum Gasteiger partial charge on any atom is -0.340 e. The first-order chi connectivity index (χ1) is 8.84. The highest BCUT2D eigenvalue weighted by Crippen LogP contribution is 2.05. The fraction of sp³-hybridized carbons (Fsp3) is 0.917. The van der Waals surface area contributed by atoms with E-state index in [1.54, 1.807) is 0 Å². The Morgan fingerprint density at radius 2 is 1.74 bits per heavy atom. The normalized spacial score (nSPS) is 18.0. The SMILES string of the molecule is CCCN(CCC(=O)N1CCN(C)CC1)S(C)(=O)=O. The monoisotopic (exact) mass is 291 g/mol. The van der Waals surface area contributed by atoms with Gasteiger partial charge in [0.25, 0.3) is 0 Å². The molecule has 7 heteroatoms. The first-order valence-corrected chi connectivity index (χ1v) is 8.61. The van der Waals surface area contributed by atoms with Crippen molar-refractivity contribution in [2.24, 2.45) is 0 Å². The van der Waals surface area contributed by atoms with E-state index in [4.69, 9.17) is 0 Å². The van der Waals surface area contributed by atoms with Crippen LogP contribution in [-0.2, 0) is 14.8 Å². The number of carbonyl (C=O) groups is 1. The van der Waals surface area contributed by atoms with Crippen molar-refractivity contribution in [2.45, 2.75) is 19.8 Å². The number of amides is 1. The topological polar surface area (TPSA) is 60.9 Å². The predicted octanol–water partition coefficient (Wildman–Crippen LogP) is -0.178. The van der Waals surface area contributed by atoms with Gasteiger partial charge in [-0.2, -0.15) is 0 Å². The minimum atomic E-state index is -3.21. The van der Waals surface area contributed by atoms with Gasteiger partial charge in [0.1, 0.15) is 0 Å². The van der Waals surface area contributed by atoms with E-state index in [9.17, 15) is 13.2 Å². The van der Waals surface area contributed by atoms with E-state index in [1.807, 2.05) is 18.9 Å². The molecule has 1 heterocycles. The lowest BCUT2D eigenvalue weighted by Crippen LogP contribution is -2.47. The highest BCUT2D eigenvalue weighted by Gasteiger charge is 2.21. The third-order valence-electron chi connectivity index (χ3n) is 3.37. The Morgan fingerprint density at radius 1 is 1.16 bits per heavy atom. The van der Waals surface area contributed by atoms with Crippen molar-refractivity contribution in [1.29, 1.82) is 0 Å². The number of rotatable bonds is 6. The summed E-state index contributed by atoms with van der Waals surface area (Å²) >= 11 is 0. The summed E-state index contributed by atoms with van der Waals surface area (Å²) in [5.41, 5.74) is 0. The van der Waals surface area contributed by atoms with Gasteiger partial charge in [-0.25, -0.2) is 12.7 Å². The maximum atomic E-state index is 12.0. The molecule has 1 amide bonds. The highest BCUT2D eigenvalue weighted by atomic mass is 32.2. The molecule has 1 aliphatic heterocycles. The Labute approximate surface area is 116 Å². The van der Waals surface area contributed by atoms with Crippen molar-refractivity contribution in [3.8, 4) is 0 Å². The van der Waals surface area contributed by atoms with Gasteiger partial charge in [-0.05, 0) is 13.5 Å². The van der Waals surface area contributed by atoms with Crippen LogP contribution in [0.4, 0.5) is 0 Å². The van der Waals surface area contributed by atoms with Gasteiger partial charge in [-0.15, -0.1) is 0 Å². The predicted molar refractivity (Wildman–Crippen MR) is 75.4 cm³/mol. The smallest absolute Gasteiger partial charge is 0.223 e. The van der Waals surface area contributed by atoms with Crippen LogP contribution < -0.4 is 0 Å². The lowest BCUT2D eigenvalue weighted by Gasteiger charge is -2.32. The molecule has 0 N–H and O–H groups in total. The fourth-order valence-electron chi connectivity index (χ4n) is 2.13. The Bertz CT molecular complexity index is 389. The van der Waals surface area contributed by atoms with Crippen LogP contribution in [0.5, 0.6) is 0 Å². The molecule has 19 heavy (non-hydrogen) atoms. The zero-order valence-electron chi connectivity index (χ0n) is 12.1. The summed E-state index contributed by atoms with van der Waals surface area (Å²) in [6.07, 6.45) is 2.23. The van der Waals surface area contributed by atoms with Gasteiger partial charge in [-0.1, -0.05) is 6.92 Å². The third-order valence-corrected chi connectivity index (χ3v) is 4.68. The van der Waals surface area contributed by atoms with Crippen LogP contribution in [0, 0.1) is 0 Å². The van der Waals surface area contributed by atoms with Crippen LogP contribution in [0.1, 0.15) is 19.8 Å². The summed E-state index contributed by atoms with van der Waals surface area (Å²) < 4.78 is 24.5. The van der Waals surface area contributed by atoms with Gasteiger partial charge in [-0.3, -0.25) is 4.79 Å². The van der Waals surface area contributed by atoms with Crippen molar-refractivity contribution in [3.05, 3.63) is 0 Å². The van der Waals surface area contributed by atoms with Crippen molar-refractivity contribution in [2.75, 3.05) is 52.6 Å². The van der Waals surface area contributed by atoms with Crippen LogP contribution in [0.2, 0.25) is 0 Å². The molecule has 1 aliphatic rings. The molecule has 112 valence electrons. The Kier molecular flexibility index (Phi) is 6.22. The molecule has 0 aromatic heterocycles. The van der Waals surface area contributed by atoms with Gasteiger partial charge in [0.2, 0.25) is 15.9 Å². The summed E-state index contributed by atoms with van der Waals surface area (Å²) in [5, 5.41) is 0. The van der Waals surface area contributed by atoms with Crippen LogP contribution in [-0.4, -0.2) is 81.0 Å². The zero-order chi connectivity index (χ0) is 14.5. The minimum absolute atomic E-state index is 0.0536. The molecule has 0 aromatic rings. The number of nitrogens with zero attached hydrogens (tertiary/aromatic N) is 3. The van der Waals surface area contributed by atoms with Crippen molar-refractivity contribution < 1.29 is 13.2 Å². The van der Waals surface area contributed by atoms with E-state index < -0.39 is 10.0 Å². The van der Waals surface area contributed by atoms with Gasteiger partial charge in [0, 0.05) is 45.7 Å². The summed E-state index contributed by atoms with van der Waals surface area (Å²) in [4.78, 5) is 16.0. The first-order valence-electron chi connectivity index (χ1n) is 6.76. The average Bonchev–Trinajstić information content (AvgIpc) is 2.33. The molecule has 0 aliphatic carbocycles. The number of sulfonamides is 1. The molecule has 0 aromatic carbocycles. The molecule has 0 spiro atoms. The molecule has 0 atom stereocenters. The van der Waals surface area contributed by atoms with E-state index in [0.29, 0.717) is 6.54 Å². The third kappa shape index (κ3) is 5.46. The number of hydrogen-bond acceptors (Lipinski definition) is 4. The molecular formula is C12H25N3O3S. The van der Waals surface area contributed by atoms with Gasteiger partial charge in [0.05, 0.1) is 6.26 Å². The van der Waals surface area contributed by atoms with E-state index in [2.05, 4.69) is 4.90 Å². The Balaban J connectivity index is 2.44. The molecule has 0 radical (unpaired) electrons. The summed E-state index contributed by atoms with van der Waals surface area (Å²) in [6.45, 7) is 5.95. The quantitative estimate of drug-likeness (QED) is 0.681. The van der Waals surface area contributed by atoms with Gasteiger partial charge >= 0.3 is 0 Å².